The molecule has 0 fully saturated rings. The van der Waals surface area contributed by atoms with Crippen molar-refractivity contribution in [2.24, 2.45) is 0 Å². The second-order valence-corrected chi connectivity index (χ2v) is 8.15. The molecule has 1 N–H and O–H groups in total. The molecule has 6 heteroatoms. The first-order chi connectivity index (χ1) is 14.6. The Balaban J connectivity index is 1.62. The summed E-state index contributed by atoms with van der Waals surface area (Å²) in [6.45, 7) is 8.66. The zero-order chi connectivity index (χ0) is 21.3. The van der Waals surface area contributed by atoms with Crippen LogP contribution in [0.4, 0.5) is 5.69 Å². The number of carbonyl (C=O) groups is 1. The molecular weight excluding hydrogens is 392 g/mol. The number of aryl methyl sites for hydroxylation is 2. The number of hydrogen-bond donors (Lipinski definition) is 1. The van der Waals surface area contributed by atoms with Gasteiger partial charge in [0.25, 0.3) is 0 Å². The number of hydrogen-bond acceptors (Lipinski definition) is 4. The summed E-state index contributed by atoms with van der Waals surface area (Å²) in [7, 11) is 0. The maximum atomic E-state index is 12.4. The lowest BCUT2D eigenvalue weighted by molar-refractivity contribution is -0.113. The van der Waals surface area contributed by atoms with E-state index in [4.69, 9.17) is 0 Å². The van der Waals surface area contributed by atoms with Gasteiger partial charge in [-0.25, -0.2) is 0 Å². The first kappa shape index (κ1) is 21.8. The molecule has 0 bridgehead atoms. The van der Waals surface area contributed by atoms with Crippen LogP contribution >= 0.6 is 11.8 Å². The van der Waals surface area contributed by atoms with Gasteiger partial charge in [-0.05, 0) is 37.5 Å². The molecule has 3 aromatic rings. The van der Waals surface area contributed by atoms with E-state index in [1.807, 2.05) is 34.9 Å². The Bertz CT molecular complexity index is 977. The van der Waals surface area contributed by atoms with Crippen LogP contribution in [0, 0.1) is 6.92 Å². The van der Waals surface area contributed by atoms with Gasteiger partial charge in [0, 0.05) is 17.8 Å². The summed E-state index contributed by atoms with van der Waals surface area (Å²) in [5.74, 6) is 0.979. The van der Waals surface area contributed by atoms with Crippen LogP contribution in [0.5, 0.6) is 0 Å². The number of nitrogens with zero attached hydrogens (tertiary/aromatic N) is 3. The van der Waals surface area contributed by atoms with Gasteiger partial charge in [-0.2, -0.15) is 0 Å². The highest BCUT2D eigenvalue weighted by atomic mass is 32.2. The molecule has 1 aromatic heterocycles. The number of nitrogens with one attached hydrogen (secondary N) is 1. The van der Waals surface area contributed by atoms with Crippen molar-refractivity contribution in [3.8, 4) is 11.4 Å². The summed E-state index contributed by atoms with van der Waals surface area (Å²) in [6, 6.07) is 16.2. The molecule has 0 atom stereocenters. The van der Waals surface area contributed by atoms with Crippen LogP contribution in [-0.4, -0.2) is 26.4 Å². The fourth-order valence-electron chi connectivity index (χ4n) is 3.07. The molecule has 2 aromatic carbocycles. The lowest BCUT2D eigenvalue weighted by Gasteiger charge is -2.09. The SMILES string of the molecule is C=CCn1c(SCC(=O)Nc2ccc(CCCC)cc2)nnc1-c1ccc(C)cc1. The number of carbonyl (C=O) groups excluding carboxylic acids is 1. The second kappa shape index (κ2) is 10.8. The third kappa shape index (κ3) is 5.83. The van der Waals surface area contributed by atoms with Crippen molar-refractivity contribution in [3.05, 3.63) is 72.3 Å². The largest absolute Gasteiger partial charge is 0.325 e. The van der Waals surface area contributed by atoms with Crippen molar-refractivity contribution in [2.75, 3.05) is 11.1 Å². The standard InChI is InChI=1S/C24H28N4OS/c1-4-6-7-19-10-14-21(15-11-19)25-22(29)17-30-24-27-26-23(28(24)16-5-2)20-12-8-18(3)9-13-20/h5,8-15H,2,4,6-7,16-17H2,1,3H3,(H,25,29). The zero-order valence-electron chi connectivity index (χ0n) is 17.6. The first-order valence-electron chi connectivity index (χ1n) is 10.2. The number of unbranched alkanes of at least 4 members (excludes halogenated alkanes) is 1. The summed E-state index contributed by atoms with van der Waals surface area (Å²) < 4.78 is 1.98. The Morgan fingerprint density at radius 2 is 1.87 bits per heavy atom. The normalized spacial score (nSPS) is 10.7. The average Bonchev–Trinajstić information content (AvgIpc) is 3.15. The van der Waals surface area contributed by atoms with Crippen molar-refractivity contribution >= 4 is 23.4 Å². The highest BCUT2D eigenvalue weighted by molar-refractivity contribution is 7.99. The van der Waals surface area contributed by atoms with E-state index in [9.17, 15) is 4.79 Å². The van der Waals surface area contributed by atoms with E-state index in [2.05, 4.69) is 60.2 Å². The average molecular weight is 421 g/mol. The van der Waals surface area contributed by atoms with Gasteiger partial charge >= 0.3 is 0 Å². The minimum Gasteiger partial charge on any atom is -0.325 e. The van der Waals surface area contributed by atoms with Crippen molar-refractivity contribution in [1.29, 1.82) is 0 Å². The molecule has 0 unspecified atom stereocenters. The Morgan fingerprint density at radius 1 is 1.13 bits per heavy atom. The maximum absolute atomic E-state index is 12.4. The molecule has 1 heterocycles. The predicted octanol–water partition coefficient (Wildman–Crippen LogP) is 5.51. The Kier molecular flexibility index (Phi) is 7.85. The molecule has 0 spiro atoms. The monoisotopic (exact) mass is 420 g/mol. The molecule has 1 amide bonds. The molecule has 0 aliphatic heterocycles. The van der Waals surface area contributed by atoms with E-state index in [1.54, 1.807) is 0 Å². The van der Waals surface area contributed by atoms with Crippen molar-refractivity contribution in [3.63, 3.8) is 0 Å². The molecule has 30 heavy (non-hydrogen) atoms. The van der Waals surface area contributed by atoms with Gasteiger partial charge in [-0.15, -0.1) is 16.8 Å². The summed E-state index contributed by atoms with van der Waals surface area (Å²) in [5.41, 5.74) is 4.30. The minimum absolute atomic E-state index is 0.0636. The number of amides is 1. The van der Waals surface area contributed by atoms with Crippen molar-refractivity contribution < 1.29 is 4.79 Å². The minimum atomic E-state index is -0.0636. The summed E-state index contributed by atoms with van der Waals surface area (Å²) in [4.78, 5) is 12.4. The van der Waals surface area contributed by atoms with Crippen LogP contribution in [0.2, 0.25) is 0 Å². The molecule has 0 aliphatic rings. The van der Waals surface area contributed by atoms with E-state index in [0.29, 0.717) is 11.7 Å². The maximum Gasteiger partial charge on any atom is 0.234 e. The Morgan fingerprint density at radius 3 is 2.53 bits per heavy atom. The van der Waals surface area contributed by atoms with Gasteiger partial charge in [-0.1, -0.05) is 73.1 Å². The summed E-state index contributed by atoms with van der Waals surface area (Å²) in [5, 5.41) is 12.3. The molecular formula is C24H28N4OS. The topological polar surface area (TPSA) is 59.8 Å². The van der Waals surface area contributed by atoms with E-state index < -0.39 is 0 Å². The lowest BCUT2D eigenvalue weighted by atomic mass is 10.1. The third-order valence-corrected chi connectivity index (χ3v) is 5.69. The molecule has 0 radical (unpaired) electrons. The van der Waals surface area contributed by atoms with Crippen LogP contribution in [0.15, 0.2) is 66.3 Å². The summed E-state index contributed by atoms with van der Waals surface area (Å²) >= 11 is 1.38. The van der Waals surface area contributed by atoms with E-state index in [1.165, 1.54) is 35.7 Å². The fourth-order valence-corrected chi connectivity index (χ4v) is 3.82. The molecule has 3 rings (SSSR count). The number of aromatic nitrogens is 3. The van der Waals surface area contributed by atoms with Gasteiger partial charge in [0.2, 0.25) is 5.91 Å². The summed E-state index contributed by atoms with van der Waals surface area (Å²) in [6.07, 6.45) is 5.24. The van der Waals surface area contributed by atoms with Gasteiger partial charge < -0.3 is 5.32 Å². The highest BCUT2D eigenvalue weighted by Crippen LogP contribution is 2.24. The molecule has 0 saturated heterocycles. The molecule has 5 nitrogen and oxygen atoms in total. The van der Waals surface area contributed by atoms with Crippen molar-refractivity contribution in [1.82, 2.24) is 14.8 Å². The predicted molar refractivity (Wildman–Crippen MR) is 125 cm³/mol. The third-order valence-electron chi connectivity index (χ3n) is 4.73. The van der Waals surface area contributed by atoms with Crippen LogP contribution in [0.25, 0.3) is 11.4 Å². The second-order valence-electron chi connectivity index (χ2n) is 7.21. The molecule has 0 aliphatic carbocycles. The van der Waals surface area contributed by atoms with Crippen LogP contribution in [0.1, 0.15) is 30.9 Å². The van der Waals surface area contributed by atoms with Crippen LogP contribution in [0.3, 0.4) is 0 Å². The Hall–Kier alpha value is -2.86. The van der Waals surface area contributed by atoms with Gasteiger partial charge in [0.1, 0.15) is 0 Å². The first-order valence-corrected chi connectivity index (χ1v) is 11.2. The number of allylic oxidation sites excluding steroid dienone is 1. The van der Waals surface area contributed by atoms with E-state index >= 15 is 0 Å². The smallest absolute Gasteiger partial charge is 0.234 e. The lowest BCUT2D eigenvalue weighted by Crippen LogP contribution is -2.14. The quantitative estimate of drug-likeness (QED) is 0.347. The number of anilines is 1. The van der Waals surface area contributed by atoms with Crippen LogP contribution in [-0.2, 0) is 17.8 Å². The fraction of sp³-hybridized carbons (Fsp3) is 0.292. The molecule has 156 valence electrons. The number of benzene rings is 2. The van der Waals surface area contributed by atoms with Crippen LogP contribution < -0.4 is 5.32 Å². The number of rotatable bonds is 10. The van der Waals surface area contributed by atoms with Gasteiger partial charge in [0.15, 0.2) is 11.0 Å². The van der Waals surface area contributed by atoms with Gasteiger partial charge in [-0.3, -0.25) is 9.36 Å². The zero-order valence-corrected chi connectivity index (χ0v) is 18.4. The van der Waals surface area contributed by atoms with E-state index in [0.717, 1.165) is 23.5 Å². The highest BCUT2D eigenvalue weighted by Gasteiger charge is 2.15. The number of thioether (sulfide) groups is 1. The van der Waals surface area contributed by atoms with Crippen molar-refractivity contribution in [2.45, 2.75) is 44.8 Å². The van der Waals surface area contributed by atoms with Gasteiger partial charge in [0.05, 0.1) is 5.75 Å². The van der Waals surface area contributed by atoms with E-state index in [-0.39, 0.29) is 11.7 Å². The molecule has 0 saturated carbocycles. The Labute approximate surface area is 182 Å².